The second-order valence-electron chi connectivity index (χ2n) is 6.00. The lowest BCUT2D eigenvalue weighted by molar-refractivity contribution is 0.131. The molecule has 0 atom stereocenters. The van der Waals surface area contributed by atoms with Gasteiger partial charge in [0.2, 0.25) is 10.0 Å². The lowest BCUT2D eigenvalue weighted by Gasteiger charge is -2.30. The van der Waals surface area contributed by atoms with Crippen LogP contribution >= 0.6 is 11.6 Å². The Balaban J connectivity index is 1.81. The van der Waals surface area contributed by atoms with Crippen LogP contribution in [0.3, 0.4) is 0 Å². The largest absolute Gasteiger partial charge is 0.465 e. The van der Waals surface area contributed by atoms with Gasteiger partial charge in [-0.05, 0) is 31.0 Å². The number of amides is 1. The Hall–Kier alpha value is -2.16. The van der Waals surface area contributed by atoms with E-state index >= 15 is 0 Å². The van der Waals surface area contributed by atoms with Crippen molar-refractivity contribution >= 4 is 27.7 Å². The fraction of sp³-hybridized carbons (Fsp3) is 0.294. The highest BCUT2D eigenvalue weighted by Gasteiger charge is 2.28. The molecule has 1 amide bonds. The number of carboxylic acid groups (broad SMARTS) is 1. The average Bonchev–Trinajstić information content (AvgIpc) is 2.62. The first-order valence-corrected chi connectivity index (χ1v) is 9.95. The van der Waals surface area contributed by atoms with Crippen LogP contribution in [0.15, 0.2) is 47.5 Å². The summed E-state index contributed by atoms with van der Waals surface area (Å²) in [6.07, 6.45) is 1.46. The van der Waals surface area contributed by atoms with Crippen LogP contribution in [-0.4, -0.2) is 48.6 Å². The van der Waals surface area contributed by atoms with Crippen LogP contribution in [0.4, 0.5) is 4.79 Å². The van der Waals surface area contributed by atoms with Crippen LogP contribution < -0.4 is 4.72 Å². The maximum atomic E-state index is 12.8. The van der Waals surface area contributed by atoms with Gasteiger partial charge in [-0.1, -0.05) is 29.8 Å². The highest BCUT2D eigenvalue weighted by atomic mass is 35.5. The van der Waals surface area contributed by atoms with Crippen LogP contribution in [-0.2, 0) is 10.0 Å². The number of aromatic nitrogens is 1. The summed E-state index contributed by atoms with van der Waals surface area (Å²) >= 11 is 6.37. The molecule has 0 unspecified atom stereocenters. The van der Waals surface area contributed by atoms with Gasteiger partial charge >= 0.3 is 6.09 Å². The summed E-state index contributed by atoms with van der Waals surface area (Å²) < 4.78 is 28.2. The zero-order chi connectivity index (χ0) is 18.7. The molecular weight excluding hydrogens is 378 g/mol. The summed E-state index contributed by atoms with van der Waals surface area (Å²) in [7, 11) is -3.83. The predicted molar refractivity (Wildman–Crippen MR) is 97.6 cm³/mol. The van der Waals surface area contributed by atoms with E-state index in [2.05, 4.69) is 9.71 Å². The molecule has 3 rings (SSSR count). The van der Waals surface area contributed by atoms with Gasteiger partial charge in [-0.25, -0.2) is 17.9 Å². The molecule has 0 aliphatic carbocycles. The fourth-order valence-corrected chi connectivity index (χ4v) is 4.84. The number of piperidine rings is 1. The third-order valence-electron chi connectivity index (χ3n) is 4.28. The summed E-state index contributed by atoms with van der Waals surface area (Å²) in [4.78, 5) is 16.4. The number of nitrogens with zero attached hydrogens (tertiary/aromatic N) is 2. The first kappa shape index (κ1) is 18.6. The highest BCUT2D eigenvalue weighted by molar-refractivity contribution is 7.89. The fourth-order valence-electron chi connectivity index (χ4n) is 2.91. The number of halogens is 1. The van der Waals surface area contributed by atoms with Gasteiger partial charge in [0.1, 0.15) is 4.90 Å². The number of hydrogen-bond acceptors (Lipinski definition) is 4. The topological polar surface area (TPSA) is 99.6 Å². The van der Waals surface area contributed by atoms with E-state index in [0.717, 1.165) is 0 Å². The van der Waals surface area contributed by atoms with Crippen molar-refractivity contribution in [2.45, 2.75) is 23.8 Å². The summed E-state index contributed by atoms with van der Waals surface area (Å²) in [5, 5.41) is 9.09. The average molecular weight is 396 g/mol. The molecule has 138 valence electrons. The van der Waals surface area contributed by atoms with Crippen molar-refractivity contribution in [3.05, 3.63) is 47.6 Å². The zero-order valence-electron chi connectivity index (χ0n) is 13.8. The molecule has 0 radical (unpaired) electrons. The summed E-state index contributed by atoms with van der Waals surface area (Å²) in [6, 6.07) is 9.78. The van der Waals surface area contributed by atoms with E-state index in [0.29, 0.717) is 37.2 Å². The Bertz CT molecular complexity index is 897. The minimum atomic E-state index is -3.83. The van der Waals surface area contributed by atoms with Crippen molar-refractivity contribution in [3.63, 3.8) is 0 Å². The second kappa shape index (κ2) is 7.61. The molecule has 0 saturated carbocycles. The van der Waals surface area contributed by atoms with Crippen molar-refractivity contribution in [3.8, 4) is 11.3 Å². The minimum absolute atomic E-state index is 0.0111. The third-order valence-corrected chi connectivity index (χ3v) is 6.36. The predicted octanol–water partition coefficient (Wildman–Crippen LogP) is 2.82. The van der Waals surface area contributed by atoms with Crippen LogP contribution in [0.2, 0.25) is 5.02 Å². The van der Waals surface area contributed by atoms with E-state index in [1.54, 1.807) is 36.5 Å². The van der Waals surface area contributed by atoms with Crippen molar-refractivity contribution in [1.82, 2.24) is 14.6 Å². The number of hydrogen-bond donors (Lipinski definition) is 2. The van der Waals surface area contributed by atoms with Gasteiger partial charge in [-0.2, -0.15) is 0 Å². The Kier molecular flexibility index (Phi) is 5.45. The number of rotatable bonds is 4. The van der Waals surface area contributed by atoms with E-state index in [9.17, 15) is 13.2 Å². The summed E-state index contributed by atoms with van der Waals surface area (Å²) in [5.74, 6) is 0. The van der Waals surface area contributed by atoms with Gasteiger partial charge in [-0.3, -0.25) is 4.98 Å². The summed E-state index contributed by atoms with van der Waals surface area (Å²) in [6.45, 7) is 0.592. The molecule has 1 fully saturated rings. The molecule has 9 heteroatoms. The number of sulfonamides is 1. The van der Waals surface area contributed by atoms with Crippen LogP contribution in [0.5, 0.6) is 0 Å². The van der Waals surface area contributed by atoms with Gasteiger partial charge in [0.05, 0.1) is 10.7 Å². The molecule has 1 aromatic carbocycles. The first-order valence-electron chi connectivity index (χ1n) is 8.08. The second-order valence-corrected chi connectivity index (χ2v) is 8.06. The van der Waals surface area contributed by atoms with Gasteiger partial charge in [0.25, 0.3) is 0 Å². The molecule has 1 aliphatic heterocycles. The Morgan fingerprint density at radius 1 is 1.19 bits per heavy atom. The van der Waals surface area contributed by atoms with Crippen LogP contribution in [0.1, 0.15) is 12.8 Å². The van der Waals surface area contributed by atoms with Crippen LogP contribution in [0.25, 0.3) is 11.3 Å². The van der Waals surface area contributed by atoms with Crippen molar-refractivity contribution in [2.75, 3.05) is 13.1 Å². The Labute approximate surface area is 156 Å². The summed E-state index contributed by atoms with van der Waals surface area (Å²) in [5.41, 5.74) is 1.13. The standard InChI is InChI=1S/C17H18ClN3O4S/c18-16-13(14-5-1-2-9-19-14)4-3-6-15(16)26(24,25)20-12-7-10-21(11-8-12)17(22)23/h1-6,9,12,20H,7-8,10-11H2,(H,22,23). The quantitative estimate of drug-likeness (QED) is 0.829. The van der Waals surface area contributed by atoms with E-state index in [1.165, 1.54) is 11.0 Å². The van der Waals surface area contributed by atoms with E-state index in [1.807, 2.05) is 0 Å². The molecule has 0 bridgehead atoms. The minimum Gasteiger partial charge on any atom is -0.465 e. The molecule has 2 heterocycles. The Morgan fingerprint density at radius 3 is 2.54 bits per heavy atom. The van der Waals surface area contributed by atoms with Crippen molar-refractivity contribution in [1.29, 1.82) is 0 Å². The molecule has 1 aliphatic rings. The molecular formula is C17H18ClN3O4S. The Morgan fingerprint density at radius 2 is 1.92 bits per heavy atom. The number of nitrogens with one attached hydrogen (secondary N) is 1. The van der Waals surface area contributed by atoms with E-state index in [4.69, 9.17) is 16.7 Å². The van der Waals surface area contributed by atoms with E-state index < -0.39 is 16.1 Å². The monoisotopic (exact) mass is 395 g/mol. The highest BCUT2D eigenvalue weighted by Crippen LogP contribution is 2.32. The lowest BCUT2D eigenvalue weighted by atomic mass is 10.1. The molecule has 2 aromatic rings. The molecule has 26 heavy (non-hydrogen) atoms. The molecule has 7 nitrogen and oxygen atoms in total. The van der Waals surface area contributed by atoms with E-state index in [-0.39, 0.29) is 16.0 Å². The lowest BCUT2D eigenvalue weighted by Crippen LogP contribution is -2.46. The number of likely N-dealkylation sites (tertiary alicyclic amines) is 1. The zero-order valence-corrected chi connectivity index (χ0v) is 15.4. The van der Waals surface area contributed by atoms with Gasteiger partial charge in [-0.15, -0.1) is 0 Å². The maximum absolute atomic E-state index is 12.8. The SMILES string of the molecule is O=C(O)N1CCC(NS(=O)(=O)c2cccc(-c3ccccn3)c2Cl)CC1. The molecule has 2 N–H and O–H groups in total. The molecule has 0 spiro atoms. The smallest absolute Gasteiger partial charge is 0.407 e. The normalized spacial score (nSPS) is 15.8. The van der Waals surface area contributed by atoms with Gasteiger partial charge < -0.3 is 10.0 Å². The molecule has 1 aromatic heterocycles. The van der Waals surface area contributed by atoms with Gasteiger partial charge in [0.15, 0.2) is 0 Å². The number of pyridine rings is 1. The van der Waals surface area contributed by atoms with Crippen molar-refractivity contribution < 1.29 is 18.3 Å². The first-order chi connectivity index (χ1) is 12.4. The molecule has 1 saturated heterocycles. The third kappa shape index (κ3) is 3.98. The maximum Gasteiger partial charge on any atom is 0.407 e. The van der Waals surface area contributed by atoms with Crippen molar-refractivity contribution in [2.24, 2.45) is 0 Å². The van der Waals surface area contributed by atoms with Crippen LogP contribution in [0, 0.1) is 0 Å². The number of benzene rings is 1. The van der Waals surface area contributed by atoms with Gasteiger partial charge in [0, 0.05) is 30.9 Å². The number of carbonyl (C=O) groups is 1.